The molecule has 0 spiro atoms. The molecule has 1 saturated heterocycles. The van der Waals surface area contributed by atoms with Gasteiger partial charge in [-0.3, -0.25) is 14.1 Å². The van der Waals surface area contributed by atoms with Crippen LogP contribution in [0.15, 0.2) is 29.2 Å². The van der Waals surface area contributed by atoms with Gasteiger partial charge in [0.15, 0.2) is 0 Å². The number of rotatable bonds is 11. The molecule has 2 aliphatic rings. The van der Waals surface area contributed by atoms with Crippen LogP contribution in [0, 0.1) is 11.8 Å². The van der Waals surface area contributed by atoms with Gasteiger partial charge in [-0.25, -0.2) is 8.42 Å². The molecule has 1 heterocycles. The van der Waals surface area contributed by atoms with Gasteiger partial charge in [0.05, 0.1) is 10.9 Å². The SMILES string of the molecule is O=C1NCC[C@H]1C[C@H](NC(=O)[C@H](CC1CCCCC1)NS(=O)(=O)c1ccc(Cl)cc1)C(O)S(=O)(=O)O. The minimum Gasteiger partial charge on any atom is -0.374 e. The second kappa shape index (κ2) is 12.2. The summed E-state index contributed by atoms with van der Waals surface area (Å²) >= 11 is 5.85. The highest BCUT2D eigenvalue weighted by molar-refractivity contribution is 7.89. The third-order valence-corrected chi connectivity index (χ3v) is 9.39. The summed E-state index contributed by atoms with van der Waals surface area (Å²) in [4.78, 5) is 25.2. The maximum Gasteiger partial charge on any atom is 0.294 e. The molecule has 1 aliphatic heterocycles. The second-order valence-corrected chi connectivity index (χ2v) is 13.1. The zero-order chi connectivity index (χ0) is 26.5. The number of halogens is 1. The lowest BCUT2D eigenvalue weighted by atomic mass is 9.85. The average Bonchev–Trinajstić information content (AvgIpc) is 3.22. The minimum absolute atomic E-state index is 0.0629. The standard InChI is InChI=1S/C22H32ClN3O8S2/c23-16-6-8-17(9-7-16)35(30,31)26-18(12-14-4-2-1-3-5-14)21(28)25-19(22(29)36(32,33)34)13-15-10-11-24-20(15)27/h6-9,14-15,18-19,22,26,29H,1-5,10-13H2,(H,24,27)(H,25,28)(H,32,33,34)/t15-,18-,19-,22?/m0/s1. The lowest BCUT2D eigenvalue weighted by Gasteiger charge is -2.29. The highest BCUT2D eigenvalue weighted by atomic mass is 35.5. The van der Waals surface area contributed by atoms with Crippen molar-refractivity contribution < 1.29 is 36.1 Å². The first-order valence-electron chi connectivity index (χ1n) is 11.9. The van der Waals surface area contributed by atoms with E-state index >= 15 is 0 Å². The van der Waals surface area contributed by atoms with Crippen molar-refractivity contribution >= 4 is 43.6 Å². The van der Waals surface area contributed by atoms with E-state index in [4.69, 9.17) is 11.6 Å². The Hall–Kier alpha value is -1.77. The van der Waals surface area contributed by atoms with Crippen molar-refractivity contribution in [2.24, 2.45) is 11.8 Å². The van der Waals surface area contributed by atoms with Crippen molar-refractivity contribution in [3.8, 4) is 0 Å². The first-order chi connectivity index (χ1) is 16.9. The van der Waals surface area contributed by atoms with E-state index in [1.54, 1.807) is 0 Å². The molecule has 36 heavy (non-hydrogen) atoms. The first-order valence-corrected chi connectivity index (χ1v) is 15.2. The van der Waals surface area contributed by atoms with Crippen LogP contribution in [0.4, 0.5) is 0 Å². The van der Waals surface area contributed by atoms with Gasteiger partial charge in [-0.05, 0) is 49.4 Å². The van der Waals surface area contributed by atoms with E-state index in [0.29, 0.717) is 18.0 Å². The molecule has 1 aliphatic carbocycles. The number of aliphatic hydroxyl groups is 1. The van der Waals surface area contributed by atoms with Gasteiger partial charge in [-0.1, -0.05) is 43.7 Å². The summed E-state index contributed by atoms with van der Waals surface area (Å²) in [6.07, 6.45) is 4.84. The maximum atomic E-state index is 13.3. The molecule has 2 amide bonds. The monoisotopic (exact) mass is 565 g/mol. The smallest absolute Gasteiger partial charge is 0.294 e. The molecule has 1 saturated carbocycles. The first kappa shape index (κ1) is 28.8. The molecule has 1 aromatic rings. The summed E-state index contributed by atoms with van der Waals surface area (Å²) in [6, 6.07) is 2.58. The molecule has 5 N–H and O–H groups in total. The Morgan fingerprint density at radius 1 is 1.06 bits per heavy atom. The summed E-state index contributed by atoms with van der Waals surface area (Å²) in [5.74, 6) is -1.84. The predicted molar refractivity (Wildman–Crippen MR) is 132 cm³/mol. The van der Waals surface area contributed by atoms with Crippen molar-refractivity contribution in [1.82, 2.24) is 15.4 Å². The molecule has 11 nitrogen and oxygen atoms in total. The molecular weight excluding hydrogens is 534 g/mol. The second-order valence-electron chi connectivity index (χ2n) is 9.40. The normalized spacial score (nSPS) is 22.0. The van der Waals surface area contributed by atoms with E-state index < -0.39 is 49.5 Å². The molecule has 4 atom stereocenters. The number of hydrogen-bond donors (Lipinski definition) is 5. The summed E-state index contributed by atoms with van der Waals surface area (Å²) in [6.45, 7) is 0.358. The Morgan fingerprint density at radius 2 is 1.69 bits per heavy atom. The lowest BCUT2D eigenvalue weighted by molar-refractivity contribution is -0.126. The van der Waals surface area contributed by atoms with Gasteiger partial charge in [-0.15, -0.1) is 0 Å². The van der Waals surface area contributed by atoms with Crippen molar-refractivity contribution in [3.63, 3.8) is 0 Å². The van der Waals surface area contributed by atoms with Crippen LogP contribution in [0.2, 0.25) is 5.02 Å². The maximum absolute atomic E-state index is 13.3. The number of nitrogens with one attached hydrogen (secondary N) is 3. The van der Waals surface area contributed by atoms with Crippen molar-refractivity contribution in [2.45, 2.75) is 73.8 Å². The van der Waals surface area contributed by atoms with E-state index in [-0.39, 0.29) is 29.6 Å². The highest BCUT2D eigenvalue weighted by Crippen LogP contribution is 2.28. The molecular formula is C22H32ClN3O8S2. The fraction of sp³-hybridized carbons (Fsp3) is 0.636. The van der Waals surface area contributed by atoms with Crippen LogP contribution in [0.5, 0.6) is 0 Å². The number of aliphatic hydroxyl groups excluding tert-OH is 1. The molecule has 3 rings (SSSR count). The molecule has 0 bridgehead atoms. The minimum atomic E-state index is -4.98. The topological polar surface area (TPSA) is 179 Å². The fourth-order valence-electron chi connectivity index (χ4n) is 4.75. The average molecular weight is 566 g/mol. The molecule has 0 aromatic heterocycles. The molecule has 0 radical (unpaired) electrons. The Kier molecular flexibility index (Phi) is 9.74. The van der Waals surface area contributed by atoms with Gasteiger partial charge in [0.2, 0.25) is 27.3 Å². The van der Waals surface area contributed by atoms with Crippen molar-refractivity contribution in [3.05, 3.63) is 29.3 Å². The molecule has 1 aromatic carbocycles. The van der Waals surface area contributed by atoms with Gasteiger partial charge in [-0.2, -0.15) is 13.1 Å². The largest absolute Gasteiger partial charge is 0.374 e. The van der Waals surface area contributed by atoms with Gasteiger partial charge >= 0.3 is 0 Å². The number of benzene rings is 1. The third kappa shape index (κ3) is 7.86. The summed E-state index contributed by atoms with van der Waals surface area (Å²) in [7, 11) is -9.14. The molecule has 2 fully saturated rings. The van der Waals surface area contributed by atoms with Crippen LogP contribution in [0.1, 0.15) is 51.4 Å². The predicted octanol–water partition coefficient (Wildman–Crippen LogP) is 1.17. The van der Waals surface area contributed by atoms with Crippen LogP contribution < -0.4 is 15.4 Å². The van der Waals surface area contributed by atoms with Crippen LogP contribution in [-0.4, -0.2) is 62.4 Å². The van der Waals surface area contributed by atoms with E-state index in [1.165, 1.54) is 24.3 Å². The zero-order valence-electron chi connectivity index (χ0n) is 19.6. The molecule has 1 unspecified atom stereocenters. The number of carbonyl (C=O) groups excluding carboxylic acids is 2. The van der Waals surface area contributed by atoms with Gasteiger partial charge in [0.1, 0.15) is 6.04 Å². The Labute approximate surface area is 216 Å². The number of hydrogen-bond acceptors (Lipinski definition) is 7. The van der Waals surface area contributed by atoms with Crippen LogP contribution in [0.3, 0.4) is 0 Å². The number of amides is 2. The Morgan fingerprint density at radius 3 is 2.25 bits per heavy atom. The summed E-state index contributed by atoms with van der Waals surface area (Å²) < 4.78 is 61.2. The fourth-order valence-corrected chi connectivity index (χ4v) is 6.68. The van der Waals surface area contributed by atoms with E-state index in [9.17, 15) is 36.1 Å². The highest BCUT2D eigenvalue weighted by Gasteiger charge is 2.38. The number of sulfonamides is 1. The summed E-state index contributed by atoms with van der Waals surface area (Å²) in [5.41, 5.74) is -2.39. The summed E-state index contributed by atoms with van der Waals surface area (Å²) in [5, 5.41) is 15.6. The molecule has 14 heteroatoms. The van der Waals surface area contributed by atoms with Crippen molar-refractivity contribution in [2.75, 3.05) is 6.54 Å². The Bertz CT molecular complexity index is 1140. The zero-order valence-corrected chi connectivity index (χ0v) is 22.0. The lowest BCUT2D eigenvalue weighted by Crippen LogP contribution is -2.55. The van der Waals surface area contributed by atoms with E-state index in [2.05, 4.69) is 15.4 Å². The van der Waals surface area contributed by atoms with Crippen LogP contribution in [0.25, 0.3) is 0 Å². The quantitative estimate of drug-likeness (QED) is 0.248. The number of carbonyl (C=O) groups is 2. The third-order valence-electron chi connectivity index (χ3n) is 6.71. The van der Waals surface area contributed by atoms with E-state index in [0.717, 1.165) is 32.1 Å². The Balaban J connectivity index is 1.84. The van der Waals surface area contributed by atoms with E-state index in [1.807, 2.05) is 0 Å². The van der Waals surface area contributed by atoms with Crippen molar-refractivity contribution in [1.29, 1.82) is 0 Å². The van der Waals surface area contributed by atoms with Gasteiger partial charge in [0, 0.05) is 17.5 Å². The molecule has 202 valence electrons. The van der Waals surface area contributed by atoms with Gasteiger partial charge in [0.25, 0.3) is 10.1 Å². The van der Waals surface area contributed by atoms with Gasteiger partial charge < -0.3 is 15.7 Å². The van der Waals surface area contributed by atoms with Crippen LogP contribution in [-0.2, 0) is 29.7 Å². The van der Waals surface area contributed by atoms with Crippen LogP contribution >= 0.6 is 11.6 Å².